The van der Waals surface area contributed by atoms with Crippen LogP contribution >= 0.6 is 0 Å². The van der Waals surface area contributed by atoms with Crippen molar-refractivity contribution in [2.24, 2.45) is 0 Å². The van der Waals surface area contributed by atoms with E-state index in [2.05, 4.69) is 10.6 Å². The van der Waals surface area contributed by atoms with Crippen LogP contribution in [0.2, 0.25) is 0 Å². The number of nitrogens with one attached hydrogen (secondary N) is 2. The largest absolute Gasteiger partial charge is 0.483 e. The number of aromatic nitrogens is 1. The summed E-state index contributed by atoms with van der Waals surface area (Å²) in [6.07, 6.45) is 1.49. The minimum absolute atomic E-state index is 0.0968. The molecule has 10 nitrogen and oxygen atoms in total. The third-order valence-corrected chi connectivity index (χ3v) is 8.32. The van der Waals surface area contributed by atoms with Crippen LogP contribution < -0.4 is 20.8 Å². The summed E-state index contributed by atoms with van der Waals surface area (Å²) in [5, 5.41) is 5.00. The van der Waals surface area contributed by atoms with E-state index < -0.39 is 70.1 Å². The highest BCUT2D eigenvalue weighted by atomic mass is 19.1. The van der Waals surface area contributed by atoms with Gasteiger partial charge in [-0.1, -0.05) is 30.3 Å². The van der Waals surface area contributed by atoms with Crippen LogP contribution in [-0.4, -0.2) is 52.1 Å². The average Bonchev–Trinajstić information content (AvgIpc) is 3.30. The van der Waals surface area contributed by atoms with E-state index in [9.17, 15) is 32.3 Å². The second-order valence-corrected chi connectivity index (χ2v) is 10.9. The summed E-state index contributed by atoms with van der Waals surface area (Å²) >= 11 is 0. The van der Waals surface area contributed by atoms with Crippen LogP contribution in [0.15, 0.2) is 53.5 Å². The molecule has 1 spiro atoms. The van der Waals surface area contributed by atoms with E-state index in [0.717, 1.165) is 0 Å². The normalized spacial score (nSPS) is 22.5. The van der Waals surface area contributed by atoms with E-state index >= 15 is 0 Å². The number of carbonyl (C=O) groups is 3. The van der Waals surface area contributed by atoms with Crippen LogP contribution in [0.3, 0.4) is 0 Å². The van der Waals surface area contributed by atoms with Gasteiger partial charge < -0.3 is 29.6 Å². The van der Waals surface area contributed by atoms with Gasteiger partial charge >= 0.3 is 6.09 Å². The number of carbonyl (C=O) groups excluding carboxylic acids is 3. The van der Waals surface area contributed by atoms with Crippen LogP contribution in [0, 0.1) is 17.5 Å². The van der Waals surface area contributed by atoms with Crippen LogP contribution in [-0.2, 0) is 17.9 Å². The van der Waals surface area contributed by atoms with Crippen molar-refractivity contribution in [1.82, 2.24) is 20.1 Å². The Bertz CT molecular complexity index is 1670. The van der Waals surface area contributed by atoms with Crippen LogP contribution in [0.5, 0.6) is 5.75 Å². The quantitative estimate of drug-likeness (QED) is 0.450. The van der Waals surface area contributed by atoms with Crippen molar-refractivity contribution >= 4 is 17.9 Å². The van der Waals surface area contributed by atoms with E-state index in [-0.39, 0.29) is 37.2 Å². The summed E-state index contributed by atoms with van der Waals surface area (Å²) in [6, 6.07) is 8.90. The third kappa shape index (κ3) is 4.98. The van der Waals surface area contributed by atoms with E-state index in [4.69, 9.17) is 9.47 Å². The maximum Gasteiger partial charge on any atom is 0.407 e. The van der Waals surface area contributed by atoms with Crippen molar-refractivity contribution in [3.05, 3.63) is 98.7 Å². The molecule has 43 heavy (non-hydrogen) atoms. The molecule has 0 radical (unpaired) electrons. The molecule has 3 amide bonds. The zero-order valence-corrected chi connectivity index (χ0v) is 23.0. The van der Waals surface area contributed by atoms with E-state index in [1.54, 1.807) is 35.2 Å². The molecule has 3 atom stereocenters. The van der Waals surface area contributed by atoms with Gasteiger partial charge in [-0.3, -0.25) is 14.4 Å². The highest BCUT2D eigenvalue weighted by molar-refractivity contribution is 5.99. The first-order valence-electron chi connectivity index (χ1n) is 13.7. The zero-order valence-electron chi connectivity index (χ0n) is 23.0. The molecule has 6 rings (SSSR count). The first kappa shape index (κ1) is 28.3. The van der Waals surface area contributed by atoms with Crippen molar-refractivity contribution in [1.29, 1.82) is 0 Å². The Labute approximate surface area is 243 Å². The number of rotatable bonds is 6. The molecule has 2 aromatic carbocycles. The van der Waals surface area contributed by atoms with Gasteiger partial charge in [0, 0.05) is 43.0 Å². The SMILES string of the molecule is C[C@H]1CC[C@]2(CNC(=O)O2)[C@H]2CN1C(=O)c1c(OCc3ccccc3)c(=O)c(C(=O)NCc3c(F)cc(F)cc3F)cn12. The molecule has 1 aromatic heterocycles. The molecular weight excluding hydrogens is 569 g/mol. The fourth-order valence-corrected chi connectivity index (χ4v) is 5.97. The lowest BCUT2D eigenvalue weighted by Gasteiger charge is -2.42. The first-order valence-corrected chi connectivity index (χ1v) is 13.7. The second-order valence-electron chi connectivity index (χ2n) is 10.9. The summed E-state index contributed by atoms with van der Waals surface area (Å²) in [7, 11) is 0. The van der Waals surface area contributed by atoms with Gasteiger partial charge in [-0.25, -0.2) is 18.0 Å². The standard InChI is InChI=1S/C30H27F3N4O6/c1-16-7-8-30(15-35-29(41)43-30)23-13-36(16)28(40)24-26(42-14-17-5-3-2-4-6-17)25(38)20(12-37(23)24)27(39)34-11-19-21(32)9-18(31)10-22(19)33/h2-6,9-10,12,16,23H,7-8,11,13-15H2,1H3,(H,34,39)(H,35,41)/t16-,23+,30-/m0/s1. The van der Waals surface area contributed by atoms with Gasteiger partial charge in [0.15, 0.2) is 17.0 Å². The number of amides is 3. The molecule has 4 heterocycles. The van der Waals surface area contributed by atoms with E-state index in [1.807, 2.05) is 6.92 Å². The number of hydrogen-bond donors (Lipinski definition) is 2. The van der Waals surface area contributed by atoms with Crippen molar-refractivity contribution in [3.8, 4) is 5.75 Å². The molecule has 2 bridgehead atoms. The number of benzene rings is 2. The number of pyridine rings is 1. The maximum atomic E-state index is 14.2. The molecule has 13 heteroatoms. The van der Waals surface area contributed by atoms with Crippen LogP contribution in [0.25, 0.3) is 0 Å². The highest BCUT2D eigenvalue weighted by Gasteiger charge is 2.54. The van der Waals surface area contributed by atoms with Gasteiger partial charge in [0.25, 0.3) is 11.8 Å². The fraction of sp³-hybridized carbons (Fsp3) is 0.333. The fourth-order valence-electron chi connectivity index (χ4n) is 5.97. The Hall–Kier alpha value is -4.81. The minimum Gasteiger partial charge on any atom is -0.483 e. The maximum absolute atomic E-state index is 14.2. The van der Waals surface area contributed by atoms with Gasteiger partial charge in [0.2, 0.25) is 5.43 Å². The smallest absolute Gasteiger partial charge is 0.407 e. The van der Waals surface area contributed by atoms with Gasteiger partial charge in [-0.05, 0) is 25.3 Å². The highest BCUT2D eigenvalue weighted by Crippen LogP contribution is 2.43. The van der Waals surface area contributed by atoms with Crippen molar-refractivity contribution < 1.29 is 37.0 Å². The molecule has 0 aliphatic carbocycles. The second kappa shape index (κ2) is 10.8. The minimum atomic E-state index is -1.21. The molecule has 224 valence electrons. The average molecular weight is 597 g/mol. The summed E-state index contributed by atoms with van der Waals surface area (Å²) in [5.41, 5.74) is -2.45. The van der Waals surface area contributed by atoms with Crippen LogP contribution in [0.4, 0.5) is 18.0 Å². The molecule has 2 saturated heterocycles. The molecule has 0 unspecified atom stereocenters. The first-order chi connectivity index (χ1) is 20.6. The lowest BCUT2D eigenvalue weighted by molar-refractivity contribution is -0.00214. The third-order valence-electron chi connectivity index (χ3n) is 8.32. The molecule has 3 aliphatic heterocycles. The van der Waals surface area contributed by atoms with Crippen LogP contribution in [0.1, 0.15) is 57.8 Å². The summed E-state index contributed by atoms with van der Waals surface area (Å²) in [4.78, 5) is 55.0. The molecule has 3 aromatic rings. The molecule has 2 N–H and O–H groups in total. The Morgan fingerprint density at radius 3 is 2.53 bits per heavy atom. The molecule has 2 fully saturated rings. The number of nitrogens with zero attached hydrogens (tertiary/aromatic N) is 2. The van der Waals surface area contributed by atoms with E-state index in [0.29, 0.717) is 30.5 Å². The molecule has 3 aliphatic rings. The summed E-state index contributed by atoms with van der Waals surface area (Å²) < 4.78 is 55.1. The Morgan fingerprint density at radius 2 is 1.86 bits per heavy atom. The number of fused-ring (bicyclic) bond motifs is 5. The van der Waals surface area contributed by atoms with Crippen molar-refractivity contribution in [3.63, 3.8) is 0 Å². The van der Waals surface area contributed by atoms with E-state index in [1.165, 1.54) is 10.8 Å². The molecular formula is C30H27F3N4O6. The number of alkyl carbamates (subject to hydrolysis) is 1. The number of ether oxygens (including phenoxy) is 2. The van der Waals surface area contributed by atoms with Crippen molar-refractivity contribution in [2.75, 3.05) is 13.1 Å². The van der Waals surface area contributed by atoms with Crippen molar-refractivity contribution in [2.45, 2.75) is 50.6 Å². The van der Waals surface area contributed by atoms with Gasteiger partial charge in [-0.2, -0.15) is 0 Å². The topological polar surface area (TPSA) is 119 Å². The lowest BCUT2D eigenvalue weighted by Crippen LogP contribution is -2.53. The predicted octanol–water partition coefficient (Wildman–Crippen LogP) is 3.43. The van der Waals surface area contributed by atoms with Gasteiger partial charge in [0.1, 0.15) is 29.6 Å². The summed E-state index contributed by atoms with van der Waals surface area (Å²) in [5.74, 6) is -5.39. The number of halogens is 3. The monoisotopic (exact) mass is 596 g/mol. The van der Waals surface area contributed by atoms with Gasteiger partial charge in [0.05, 0.1) is 12.6 Å². The van der Waals surface area contributed by atoms with Gasteiger partial charge in [-0.15, -0.1) is 0 Å². The Kier molecular flexibility index (Phi) is 7.10. The zero-order chi connectivity index (χ0) is 30.5. The number of hydrogen-bond acceptors (Lipinski definition) is 6. The summed E-state index contributed by atoms with van der Waals surface area (Å²) in [6.45, 7) is 1.36. The Balaban J connectivity index is 1.46. The Morgan fingerprint density at radius 1 is 1.14 bits per heavy atom. The molecule has 0 saturated carbocycles. The predicted molar refractivity (Wildman–Crippen MR) is 145 cm³/mol. The lowest BCUT2D eigenvalue weighted by atomic mass is 9.88.